The number of urea groups is 1. The second kappa shape index (κ2) is 5.78. The Balaban J connectivity index is 1.41. The van der Waals surface area contributed by atoms with Crippen molar-refractivity contribution in [1.82, 2.24) is 14.8 Å². The van der Waals surface area contributed by atoms with Gasteiger partial charge in [-0.1, -0.05) is 0 Å². The van der Waals surface area contributed by atoms with Crippen LogP contribution in [0.25, 0.3) is 0 Å². The summed E-state index contributed by atoms with van der Waals surface area (Å²) in [5.74, 6) is -0.307. The van der Waals surface area contributed by atoms with Crippen molar-refractivity contribution in [2.24, 2.45) is 17.8 Å². The molecule has 5 aliphatic rings. The number of carbonyl (C=O) groups excluding carboxylic acids is 4. The third-order valence-electron chi connectivity index (χ3n) is 7.29. The van der Waals surface area contributed by atoms with Gasteiger partial charge in [-0.2, -0.15) is 0 Å². The number of carbonyl (C=O) groups is 4. The SMILES string of the molecule is Cc1cc(C(=O)CN2C(=O)C(=O)N(C34CC5CC(CC(C5)C3)C4)C2=O)c(C)[nH]1. The zero-order chi connectivity index (χ0) is 19.8. The normalized spacial score (nSPS) is 34.1. The van der Waals surface area contributed by atoms with Crippen LogP contribution in [0.15, 0.2) is 6.07 Å². The highest BCUT2D eigenvalue weighted by Crippen LogP contribution is 2.58. The van der Waals surface area contributed by atoms with Crippen molar-refractivity contribution in [1.29, 1.82) is 0 Å². The van der Waals surface area contributed by atoms with E-state index in [-0.39, 0.29) is 12.3 Å². The van der Waals surface area contributed by atoms with E-state index in [1.54, 1.807) is 13.0 Å². The van der Waals surface area contributed by atoms with Gasteiger partial charge in [0.2, 0.25) is 0 Å². The van der Waals surface area contributed by atoms with E-state index in [1.807, 2.05) is 6.92 Å². The van der Waals surface area contributed by atoms with Crippen LogP contribution in [0.5, 0.6) is 0 Å². The van der Waals surface area contributed by atoms with Gasteiger partial charge < -0.3 is 4.98 Å². The Bertz CT molecular complexity index is 879. The first-order valence-corrected chi connectivity index (χ1v) is 10.2. The summed E-state index contributed by atoms with van der Waals surface area (Å²) < 4.78 is 0. The third-order valence-corrected chi connectivity index (χ3v) is 7.29. The number of hydrogen-bond donors (Lipinski definition) is 1. The van der Waals surface area contributed by atoms with Gasteiger partial charge in [-0.05, 0) is 76.2 Å². The molecule has 1 aromatic rings. The highest BCUT2D eigenvalue weighted by Gasteiger charge is 2.61. The average Bonchev–Trinajstić information content (AvgIpc) is 3.05. The number of aromatic amines is 1. The van der Waals surface area contributed by atoms with E-state index in [4.69, 9.17) is 0 Å². The molecule has 1 N–H and O–H groups in total. The van der Waals surface area contributed by atoms with Gasteiger partial charge in [-0.25, -0.2) is 14.6 Å². The lowest BCUT2D eigenvalue weighted by molar-refractivity contribution is -0.149. The molecular formula is C21H25N3O4. The number of Topliss-reactive ketones (excluding diaryl/α,β-unsaturated/α-hetero) is 1. The van der Waals surface area contributed by atoms with Gasteiger partial charge in [0.25, 0.3) is 0 Å². The van der Waals surface area contributed by atoms with Crippen LogP contribution in [0.2, 0.25) is 0 Å². The van der Waals surface area contributed by atoms with Gasteiger partial charge >= 0.3 is 17.8 Å². The van der Waals surface area contributed by atoms with Crippen molar-refractivity contribution < 1.29 is 19.2 Å². The summed E-state index contributed by atoms with van der Waals surface area (Å²) in [5, 5.41) is 0. The topological polar surface area (TPSA) is 90.6 Å². The van der Waals surface area contributed by atoms with Crippen LogP contribution in [-0.2, 0) is 9.59 Å². The summed E-state index contributed by atoms with van der Waals surface area (Å²) in [5.41, 5.74) is 1.48. The smallest absolute Gasteiger partial charge is 0.335 e. The predicted octanol–water partition coefficient (Wildman–Crippen LogP) is 2.57. The van der Waals surface area contributed by atoms with Crippen LogP contribution in [0, 0.1) is 31.6 Å². The Hall–Kier alpha value is -2.44. The highest BCUT2D eigenvalue weighted by atomic mass is 16.2. The molecule has 4 aliphatic carbocycles. The van der Waals surface area contributed by atoms with Crippen molar-refractivity contribution in [3.05, 3.63) is 23.0 Å². The minimum atomic E-state index is -0.862. The van der Waals surface area contributed by atoms with Crippen LogP contribution in [0.4, 0.5) is 4.79 Å². The van der Waals surface area contributed by atoms with Gasteiger partial charge in [-0.3, -0.25) is 14.4 Å². The molecule has 0 unspecified atom stereocenters. The lowest BCUT2D eigenvalue weighted by Gasteiger charge is -2.58. The zero-order valence-corrected chi connectivity index (χ0v) is 16.3. The first-order valence-electron chi connectivity index (χ1n) is 10.2. The molecule has 0 atom stereocenters. The van der Waals surface area contributed by atoms with Crippen LogP contribution < -0.4 is 0 Å². The van der Waals surface area contributed by atoms with Crippen molar-refractivity contribution in [2.75, 3.05) is 6.54 Å². The Morgan fingerprint density at radius 2 is 1.61 bits per heavy atom. The Kier molecular flexibility index (Phi) is 3.64. The number of imide groups is 2. The fraction of sp³-hybridized carbons (Fsp3) is 0.619. The maximum atomic E-state index is 13.1. The molecule has 4 amide bonds. The van der Waals surface area contributed by atoms with E-state index in [9.17, 15) is 19.2 Å². The fourth-order valence-corrected chi connectivity index (χ4v) is 6.64. The minimum Gasteiger partial charge on any atom is -0.362 e. The molecule has 2 heterocycles. The molecule has 7 heteroatoms. The van der Waals surface area contributed by atoms with Gasteiger partial charge in [0.05, 0.1) is 12.1 Å². The van der Waals surface area contributed by atoms with E-state index < -0.39 is 23.4 Å². The number of rotatable bonds is 4. The standard InChI is InChI=1S/C21H25N3O4/c1-11-3-16(12(2)22-11)17(25)10-23-18(26)19(27)24(20(23)28)21-7-13-4-14(8-21)6-15(5-13)9-21/h3,13-15,22H,4-10H2,1-2H3. The molecule has 7 nitrogen and oxygen atoms in total. The number of H-pyrrole nitrogens is 1. The number of amides is 4. The first-order chi connectivity index (χ1) is 13.3. The molecular weight excluding hydrogens is 358 g/mol. The third kappa shape index (κ3) is 2.41. The maximum Gasteiger partial charge on any atom is 0.335 e. The Morgan fingerprint density at radius 3 is 2.11 bits per heavy atom. The van der Waals surface area contributed by atoms with Crippen LogP contribution in [-0.4, -0.2) is 50.5 Å². The van der Waals surface area contributed by atoms with E-state index in [2.05, 4.69) is 4.98 Å². The summed E-state index contributed by atoms with van der Waals surface area (Å²) in [7, 11) is 0. The molecule has 4 bridgehead atoms. The van der Waals surface area contributed by atoms with Crippen LogP contribution >= 0.6 is 0 Å². The molecule has 148 valence electrons. The second-order valence-corrected chi connectivity index (χ2v) is 9.37. The number of aromatic nitrogens is 1. The summed E-state index contributed by atoms with van der Waals surface area (Å²) in [4.78, 5) is 56.4. The Labute approximate surface area is 163 Å². The van der Waals surface area contributed by atoms with Crippen LogP contribution in [0.3, 0.4) is 0 Å². The van der Waals surface area contributed by atoms with E-state index >= 15 is 0 Å². The van der Waals surface area contributed by atoms with Crippen molar-refractivity contribution in [2.45, 2.75) is 57.9 Å². The largest absolute Gasteiger partial charge is 0.362 e. The molecule has 0 aromatic carbocycles. The van der Waals surface area contributed by atoms with Crippen LogP contribution in [0.1, 0.15) is 60.3 Å². The lowest BCUT2D eigenvalue weighted by Crippen LogP contribution is -2.62. The summed E-state index contributed by atoms with van der Waals surface area (Å²) >= 11 is 0. The second-order valence-electron chi connectivity index (χ2n) is 9.37. The van der Waals surface area contributed by atoms with Crippen molar-refractivity contribution in [3.63, 3.8) is 0 Å². The molecule has 28 heavy (non-hydrogen) atoms. The molecule has 1 aromatic heterocycles. The lowest BCUT2D eigenvalue weighted by atomic mass is 9.52. The quantitative estimate of drug-likeness (QED) is 0.491. The summed E-state index contributed by atoms with van der Waals surface area (Å²) in [6.07, 6.45) is 5.96. The molecule has 1 saturated heterocycles. The van der Waals surface area contributed by atoms with Gasteiger partial charge in [0.1, 0.15) is 0 Å². The highest BCUT2D eigenvalue weighted by molar-refractivity contribution is 6.45. The van der Waals surface area contributed by atoms with E-state index in [0.717, 1.165) is 29.9 Å². The van der Waals surface area contributed by atoms with Gasteiger partial charge in [0.15, 0.2) is 5.78 Å². The summed E-state index contributed by atoms with van der Waals surface area (Å²) in [6.45, 7) is 3.24. The molecule has 6 rings (SSSR count). The maximum absolute atomic E-state index is 13.1. The average molecular weight is 383 g/mol. The number of aryl methyl sites for hydroxylation is 2. The van der Waals surface area contributed by atoms with Gasteiger partial charge in [-0.15, -0.1) is 0 Å². The number of ketones is 1. The number of hydrogen-bond acceptors (Lipinski definition) is 4. The minimum absolute atomic E-state index is 0.330. The Morgan fingerprint density at radius 1 is 1.04 bits per heavy atom. The summed E-state index contributed by atoms with van der Waals surface area (Å²) in [6, 6.07) is 1.11. The monoisotopic (exact) mass is 383 g/mol. The first kappa shape index (κ1) is 17.6. The van der Waals surface area contributed by atoms with Crippen molar-refractivity contribution in [3.8, 4) is 0 Å². The molecule has 4 saturated carbocycles. The molecule has 1 aliphatic heterocycles. The fourth-order valence-electron chi connectivity index (χ4n) is 6.64. The van der Waals surface area contributed by atoms with Gasteiger partial charge in [0, 0.05) is 17.0 Å². The molecule has 0 radical (unpaired) electrons. The predicted molar refractivity (Wildman–Crippen MR) is 99.5 cm³/mol. The van der Waals surface area contributed by atoms with E-state index in [0.29, 0.717) is 29.0 Å². The number of nitrogens with zero attached hydrogens (tertiary/aromatic N) is 2. The van der Waals surface area contributed by atoms with Crippen molar-refractivity contribution >= 4 is 23.6 Å². The number of nitrogens with one attached hydrogen (secondary N) is 1. The zero-order valence-electron chi connectivity index (χ0n) is 16.3. The molecule has 0 spiro atoms. The molecule has 5 fully saturated rings. The van der Waals surface area contributed by atoms with E-state index in [1.165, 1.54) is 24.2 Å².